The number of carbonyl (C=O) groups is 1. The highest BCUT2D eigenvalue weighted by molar-refractivity contribution is 7.07. The summed E-state index contributed by atoms with van der Waals surface area (Å²) in [5.74, 6) is -0.106. The molecule has 0 saturated carbocycles. The minimum atomic E-state index is -0.106. The van der Waals surface area contributed by atoms with Crippen molar-refractivity contribution >= 4 is 28.1 Å². The third kappa shape index (κ3) is 2.22. The number of benzene rings is 1. The van der Waals surface area contributed by atoms with Gasteiger partial charge in [0.1, 0.15) is 0 Å². The van der Waals surface area contributed by atoms with Gasteiger partial charge in [0, 0.05) is 17.8 Å². The summed E-state index contributed by atoms with van der Waals surface area (Å²) in [7, 11) is 1.76. The Bertz CT molecular complexity index is 704. The number of aromatic nitrogens is 3. The van der Waals surface area contributed by atoms with Crippen molar-refractivity contribution in [3.63, 3.8) is 0 Å². The number of carbonyl (C=O) groups excluding carboxylic acids is 1. The number of aromatic amines is 1. The van der Waals surface area contributed by atoms with E-state index in [2.05, 4.69) is 15.2 Å². The van der Waals surface area contributed by atoms with E-state index in [4.69, 9.17) is 0 Å². The van der Waals surface area contributed by atoms with Crippen molar-refractivity contribution in [1.82, 2.24) is 20.1 Å². The summed E-state index contributed by atoms with van der Waals surface area (Å²) >= 11 is 1.52. The second-order valence-corrected chi connectivity index (χ2v) is 4.98. The zero-order chi connectivity index (χ0) is 13.2. The van der Waals surface area contributed by atoms with Gasteiger partial charge in [0.25, 0.3) is 5.91 Å². The fourth-order valence-corrected chi connectivity index (χ4v) is 2.49. The van der Waals surface area contributed by atoms with Crippen LogP contribution in [-0.2, 0) is 6.54 Å². The summed E-state index contributed by atoms with van der Waals surface area (Å²) in [6.45, 7) is 0.490. The van der Waals surface area contributed by atoms with Gasteiger partial charge in [-0.15, -0.1) is 11.3 Å². The third-order valence-corrected chi connectivity index (χ3v) is 3.54. The lowest BCUT2D eigenvalue weighted by molar-refractivity contribution is 0.0779. The standard InChI is InChI=1S/C13H12N4OS/c1-17(6-9-7-19-8-14-9)13(18)12-10-4-2-3-5-11(10)15-16-12/h2-5,7-8H,6H2,1H3,(H,15,16). The molecule has 0 bridgehead atoms. The van der Waals surface area contributed by atoms with Crippen molar-refractivity contribution in [2.24, 2.45) is 0 Å². The fraction of sp³-hybridized carbons (Fsp3) is 0.154. The SMILES string of the molecule is CN(Cc1cscn1)C(=O)c1n[nH]c2ccccc12. The molecule has 5 nitrogen and oxygen atoms in total. The zero-order valence-electron chi connectivity index (χ0n) is 10.3. The predicted molar refractivity (Wildman–Crippen MR) is 74.0 cm³/mol. The van der Waals surface area contributed by atoms with Crippen molar-refractivity contribution < 1.29 is 4.79 Å². The van der Waals surface area contributed by atoms with Crippen LogP contribution in [0.3, 0.4) is 0 Å². The predicted octanol–water partition coefficient (Wildman–Crippen LogP) is 2.29. The van der Waals surface area contributed by atoms with Gasteiger partial charge in [0.2, 0.25) is 0 Å². The maximum Gasteiger partial charge on any atom is 0.275 e. The molecule has 6 heteroatoms. The molecular weight excluding hydrogens is 260 g/mol. The quantitative estimate of drug-likeness (QED) is 0.795. The van der Waals surface area contributed by atoms with E-state index >= 15 is 0 Å². The van der Waals surface area contributed by atoms with Crippen LogP contribution < -0.4 is 0 Å². The Morgan fingerprint density at radius 3 is 3.05 bits per heavy atom. The van der Waals surface area contributed by atoms with Crippen molar-refractivity contribution in [2.75, 3.05) is 7.05 Å². The Morgan fingerprint density at radius 2 is 2.26 bits per heavy atom. The molecule has 1 amide bonds. The largest absolute Gasteiger partial charge is 0.334 e. The van der Waals surface area contributed by atoms with Crippen LogP contribution in [-0.4, -0.2) is 33.0 Å². The smallest absolute Gasteiger partial charge is 0.275 e. The maximum absolute atomic E-state index is 12.4. The van der Waals surface area contributed by atoms with E-state index in [1.165, 1.54) is 11.3 Å². The first-order valence-electron chi connectivity index (χ1n) is 5.81. The van der Waals surface area contributed by atoms with Crippen LogP contribution in [0, 0.1) is 0 Å². The number of thiazole rings is 1. The number of nitrogens with zero attached hydrogens (tertiary/aromatic N) is 3. The maximum atomic E-state index is 12.4. The molecule has 0 spiro atoms. The molecule has 3 rings (SSSR count). The average Bonchev–Trinajstić information content (AvgIpc) is 3.06. The topological polar surface area (TPSA) is 61.9 Å². The van der Waals surface area contributed by atoms with E-state index in [0.717, 1.165) is 16.6 Å². The molecule has 1 N–H and O–H groups in total. The molecule has 0 fully saturated rings. The first kappa shape index (κ1) is 11.9. The van der Waals surface area contributed by atoms with Crippen LogP contribution in [0.25, 0.3) is 10.9 Å². The van der Waals surface area contributed by atoms with E-state index < -0.39 is 0 Å². The molecule has 0 radical (unpaired) electrons. The van der Waals surface area contributed by atoms with Crippen molar-refractivity contribution in [3.8, 4) is 0 Å². The lowest BCUT2D eigenvalue weighted by Crippen LogP contribution is -2.26. The van der Waals surface area contributed by atoms with Gasteiger partial charge in [-0.05, 0) is 6.07 Å². The summed E-state index contributed by atoms with van der Waals surface area (Å²) in [4.78, 5) is 18.2. The summed E-state index contributed by atoms with van der Waals surface area (Å²) in [6, 6.07) is 7.60. The number of nitrogens with one attached hydrogen (secondary N) is 1. The van der Waals surface area contributed by atoms with Crippen LogP contribution in [0.4, 0.5) is 0 Å². The lowest BCUT2D eigenvalue weighted by atomic mass is 10.2. The van der Waals surface area contributed by atoms with Crippen molar-refractivity contribution in [2.45, 2.75) is 6.54 Å². The van der Waals surface area contributed by atoms with Gasteiger partial charge in [-0.25, -0.2) is 4.98 Å². The van der Waals surface area contributed by atoms with Gasteiger partial charge in [-0.3, -0.25) is 9.89 Å². The monoisotopic (exact) mass is 272 g/mol. The number of hydrogen-bond donors (Lipinski definition) is 1. The Kier molecular flexibility index (Phi) is 3.00. The van der Waals surface area contributed by atoms with E-state index in [-0.39, 0.29) is 5.91 Å². The van der Waals surface area contributed by atoms with E-state index in [9.17, 15) is 4.79 Å². The molecule has 0 aliphatic rings. The third-order valence-electron chi connectivity index (χ3n) is 2.90. The summed E-state index contributed by atoms with van der Waals surface area (Å²) in [5, 5.41) is 9.77. The van der Waals surface area contributed by atoms with Gasteiger partial charge < -0.3 is 4.90 Å². The Balaban J connectivity index is 1.87. The van der Waals surface area contributed by atoms with Gasteiger partial charge in [0.05, 0.1) is 23.3 Å². The normalized spacial score (nSPS) is 10.8. The minimum Gasteiger partial charge on any atom is -0.334 e. The van der Waals surface area contributed by atoms with Crippen molar-refractivity contribution in [3.05, 3.63) is 46.5 Å². The highest BCUT2D eigenvalue weighted by Gasteiger charge is 2.18. The van der Waals surface area contributed by atoms with Crippen LogP contribution in [0.15, 0.2) is 35.2 Å². The Hall–Kier alpha value is -2.21. The van der Waals surface area contributed by atoms with E-state index in [1.807, 2.05) is 29.6 Å². The molecule has 0 unspecified atom stereocenters. The van der Waals surface area contributed by atoms with Gasteiger partial charge in [0.15, 0.2) is 5.69 Å². The number of H-pyrrole nitrogens is 1. The molecule has 0 atom stereocenters. The average molecular weight is 272 g/mol. The second kappa shape index (κ2) is 4.81. The molecule has 3 aromatic rings. The minimum absolute atomic E-state index is 0.106. The van der Waals surface area contributed by atoms with Crippen molar-refractivity contribution in [1.29, 1.82) is 0 Å². The molecule has 0 aliphatic heterocycles. The first-order valence-corrected chi connectivity index (χ1v) is 6.75. The van der Waals surface area contributed by atoms with E-state index in [0.29, 0.717) is 12.2 Å². The lowest BCUT2D eigenvalue weighted by Gasteiger charge is -2.14. The van der Waals surface area contributed by atoms with Gasteiger partial charge >= 0.3 is 0 Å². The molecule has 1 aromatic carbocycles. The Morgan fingerprint density at radius 1 is 1.42 bits per heavy atom. The Labute approximate surface area is 113 Å². The summed E-state index contributed by atoms with van der Waals surface area (Å²) in [6.07, 6.45) is 0. The van der Waals surface area contributed by atoms with Crippen LogP contribution >= 0.6 is 11.3 Å². The van der Waals surface area contributed by atoms with Crippen LogP contribution in [0.5, 0.6) is 0 Å². The van der Waals surface area contributed by atoms with E-state index in [1.54, 1.807) is 17.5 Å². The number of amides is 1. The number of rotatable bonds is 3. The molecule has 0 aliphatic carbocycles. The summed E-state index contributed by atoms with van der Waals surface area (Å²) in [5.41, 5.74) is 3.97. The highest BCUT2D eigenvalue weighted by Crippen LogP contribution is 2.17. The zero-order valence-corrected chi connectivity index (χ0v) is 11.1. The number of para-hydroxylation sites is 1. The van der Waals surface area contributed by atoms with Crippen LogP contribution in [0.2, 0.25) is 0 Å². The first-order chi connectivity index (χ1) is 9.25. The fourth-order valence-electron chi connectivity index (χ4n) is 1.94. The molecule has 2 heterocycles. The summed E-state index contributed by atoms with van der Waals surface area (Å²) < 4.78 is 0. The molecule has 19 heavy (non-hydrogen) atoms. The number of hydrogen-bond acceptors (Lipinski definition) is 4. The van der Waals surface area contributed by atoms with Gasteiger partial charge in [-0.1, -0.05) is 18.2 Å². The molecule has 0 saturated heterocycles. The van der Waals surface area contributed by atoms with Crippen LogP contribution in [0.1, 0.15) is 16.2 Å². The molecular formula is C13H12N4OS. The van der Waals surface area contributed by atoms with Gasteiger partial charge in [-0.2, -0.15) is 5.10 Å². The second-order valence-electron chi connectivity index (χ2n) is 4.26. The molecule has 2 aromatic heterocycles. The number of fused-ring (bicyclic) bond motifs is 1. The highest BCUT2D eigenvalue weighted by atomic mass is 32.1. The molecule has 96 valence electrons.